The van der Waals surface area contributed by atoms with Gasteiger partial charge in [-0.2, -0.15) is 0 Å². The van der Waals surface area contributed by atoms with Crippen molar-refractivity contribution in [1.29, 1.82) is 0 Å². The van der Waals surface area contributed by atoms with Crippen molar-refractivity contribution >= 4 is 0 Å². The van der Waals surface area contributed by atoms with Crippen molar-refractivity contribution < 1.29 is 0 Å². The molecule has 110 valence electrons. The predicted octanol–water partition coefficient (Wildman–Crippen LogP) is 3.56. The first-order chi connectivity index (χ1) is 9.38. The normalized spacial score (nSPS) is 35.2. The van der Waals surface area contributed by atoms with Crippen molar-refractivity contribution in [1.82, 2.24) is 10.2 Å². The summed E-state index contributed by atoms with van der Waals surface area (Å²) >= 11 is 0. The summed E-state index contributed by atoms with van der Waals surface area (Å²) in [5.74, 6) is 1.01. The van der Waals surface area contributed by atoms with E-state index in [9.17, 15) is 0 Å². The first kappa shape index (κ1) is 13.9. The fourth-order valence-corrected chi connectivity index (χ4v) is 4.30. The summed E-state index contributed by atoms with van der Waals surface area (Å²) in [6, 6.07) is 2.54. The number of nitrogens with zero attached hydrogens (tertiary/aromatic N) is 1. The van der Waals surface area contributed by atoms with Gasteiger partial charge in [-0.05, 0) is 38.0 Å². The molecule has 3 aliphatic rings. The molecule has 2 aliphatic carbocycles. The van der Waals surface area contributed by atoms with Crippen LogP contribution in [0.25, 0.3) is 0 Å². The summed E-state index contributed by atoms with van der Waals surface area (Å²) < 4.78 is 0. The Bertz CT molecular complexity index is 266. The molecule has 19 heavy (non-hydrogen) atoms. The van der Waals surface area contributed by atoms with Gasteiger partial charge in [0.2, 0.25) is 0 Å². The van der Waals surface area contributed by atoms with E-state index in [0.29, 0.717) is 0 Å². The van der Waals surface area contributed by atoms with Gasteiger partial charge in [-0.25, -0.2) is 0 Å². The van der Waals surface area contributed by atoms with E-state index in [0.717, 1.165) is 24.0 Å². The van der Waals surface area contributed by atoms with Crippen LogP contribution in [0.1, 0.15) is 71.1 Å². The molecule has 2 saturated carbocycles. The van der Waals surface area contributed by atoms with Crippen LogP contribution < -0.4 is 5.32 Å². The highest BCUT2D eigenvalue weighted by Gasteiger charge is 2.38. The van der Waals surface area contributed by atoms with Crippen LogP contribution in [0.2, 0.25) is 0 Å². The van der Waals surface area contributed by atoms with Crippen molar-refractivity contribution in [3.8, 4) is 0 Å². The van der Waals surface area contributed by atoms with Crippen LogP contribution in [0.3, 0.4) is 0 Å². The van der Waals surface area contributed by atoms with Crippen LogP contribution in [0.15, 0.2) is 0 Å². The molecule has 1 heterocycles. The van der Waals surface area contributed by atoms with Gasteiger partial charge in [-0.15, -0.1) is 0 Å². The first-order valence-corrected chi connectivity index (χ1v) is 8.87. The van der Waals surface area contributed by atoms with E-state index >= 15 is 0 Å². The average Bonchev–Trinajstić information content (AvgIpc) is 3.27. The SMILES string of the molecule is CCCC1CNC(C2CC2)CN1C1CCCCCC1. The van der Waals surface area contributed by atoms with Gasteiger partial charge >= 0.3 is 0 Å². The zero-order valence-corrected chi connectivity index (χ0v) is 12.7. The smallest absolute Gasteiger partial charge is 0.0224 e. The second kappa shape index (κ2) is 6.58. The molecule has 0 spiro atoms. The highest BCUT2D eigenvalue weighted by atomic mass is 15.3. The molecule has 1 saturated heterocycles. The molecular formula is C17H32N2. The third-order valence-electron chi connectivity index (χ3n) is 5.60. The molecule has 0 aromatic rings. The summed E-state index contributed by atoms with van der Waals surface area (Å²) in [6.45, 7) is 4.95. The summed E-state index contributed by atoms with van der Waals surface area (Å²) in [6.07, 6.45) is 14.5. The van der Waals surface area contributed by atoms with Gasteiger partial charge in [0.15, 0.2) is 0 Å². The van der Waals surface area contributed by atoms with Crippen molar-refractivity contribution in [2.75, 3.05) is 13.1 Å². The fraction of sp³-hybridized carbons (Fsp3) is 1.00. The van der Waals surface area contributed by atoms with E-state index in [1.165, 1.54) is 77.3 Å². The Morgan fingerprint density at radius 3 is 2.37 bits per heavy atom. The van der Waals surface area contributed by atoms with Crippen LogP contribution in [0, 0.1) is 5.92 Å². The molecule has 0 aromatic heterocycles. The Morgan fingerprint density at radius 2 is 1.74 bits per heavy atom. The van der Waals surface area contributed by atoms with E-state index in [1.807, 2.05) is 0 Å². The molecule has 2 heteroatoms. The van der Waals surface area contributed by atoms with Gasteiger partial charge in [0.1, 0.15) is 0 Å². The highest BCUT2D eigenvalue weighted by molar-refractivity contribution is 4.96. The van der Waals surface area contributed by atoms with Gasteiger partial charge in [-0.3, -0.25) is 4.90 Å². The lowest BCUT2D eigenvalue weighted by molar-refractivity contribution is 0.0627. The van der Waals surface area contributed by atoms with E-state index in [4.69, 9.17) is 0 Å². The average molecular weight is 264 g/mol. The van der Waals surface area contributed by atoms with Gasteiger partial charge in [0.25, 0.3) is 0 Å². The van der Waals surface area contributed by atoms with Gasteiger partial charge in [0, 0.05) is 31.2 Å². The maximum Gasteiger partial charge on any atom is 0.0224 e. The van der Waals surface area contributed by atoms with E-state index in [2.05, 4.69) is 17.1 Å². The number of piperazine rings is 1. The molecule has 2 atom stereocenters. The maximum atomic E-state index is 3.86. The predicted molar refractivity (Wildman–Crippen MR) is 81.4 cm³/mol. The largest absolute Gasteiger partial charge is 0.311 e. The number of nitrogens with one attached hydrogen (secondary N) is 1. The molecule has 1 N–H and O–H groups in total. The molecule has 0 radical (unpaired) electrons. The second-order valence-corrected chi connectivity index (χ2v) is 7.14. The van der Waals surface area contributed by atoms with Crippen molar-refractivity contribution in [2.24, 2.45) is 5.92 Å². The quantitative estimate of drug-likeness (QED) is 0.781. The van der Waals surface area contributed by atoms with Crippen LogP contribution in [0.5, 0.6) is 0 Å². The van der Waals surface area contributed by atoms with E-state index < -0.39 is 0 Å². The lowest BCUT2D eigenvalue weighted by atomic mass is 9.96. The molecule has 3 fully saturated rings. The maximum absolute atomic E-state index is 3.86. The molecule has 2 nitrogen and oxygen atoms in total. The highest BCUT2D eigenvalue weighted by Crippen LogP contribution is 2.36. The first-order valence-electron chi connectivity index (χ1n) is 8.87. The van der Waals surface area contributed by atoms with Gasteiger partial charge in [0.05, 0.1) is 0 Å². The van der Waals surface area contributed by atoms with Crippen LogP contribution in [-0.2, 0) is 0 Å². The molecule has 0 bridgehead atoms. The van der Waals surface area contributed by atoms with E-state index in [1.54, 1.807) is 0 Å². The van der Waals surface area contributed by atoms with Gasteiger partial charge in [-0.1, -0.05) is 39.0 Å². The Balaban J connectivity index is 1.64. The van der Waals surface area contributed by atoms with Crippen molar-refractivity contribution in [3.05, 3.63) is 0 Å². The van der Waals surface area contributed by atoms with Crippen molar-refractivity contribution in [3.63, 3.8) is 0 Å². The van der Waals surface area contributed by atoms with Crippen LogP contribution in [0.4, 0.5) is 0 Å². The number of hydrogen-bond donors (Lipinski definition) is 1. The third-order valence-corrected chi connectivity index (χ3v) is 5.60. The Hall–Kier alpha value is -0.0800. The minimum atomic E-state index is 0.816. The Morgan fingerprint density at radius 1 is 1.00 bits per heavy atom. The fourth-order valence-electron chi connectivity index (χ4n) is 4.30. The molecule has 2 unspecified atom stereocenters. The molecule has 0 aromatic carbocycles. The van der Waals surface area contributed by atoms with Gasteiger partial charge < -0.3 is 5.32 Å². The van der Waals surface area contributed by atoms with Crippen LogP contribution >= 0.6 is 0 Å². The Labute approximate surface area is 119 Å². The molecule has 1 aliphatic heterocycles. The number of rotatable bonds is 4. The molecule has 3 rings (SSSR count). The van der Waals surface area contributed by atoms with Crippen LogP contribution in [-0.4, -0.2) is 36.1 Å². The lowest BCUT2D eigenvalue weighted by Crippen LogP contribution is -2.60. The summed E-state index contributed by atoms with van der Waals surface area (Å²) in [5.41, 5.74) is 0. The summed E-state index contributed by atoms with van der Waals surface area (Å²) in [4.78, 5) is 2.94. The lowest BCUT2D eigenvalue weighted by Gasteiger charge is -2.45. The summed E-state index contributed by atoms with van der Waals surface area (Å²) in [7, 11) is 0. The van der Waals surface area contributed by atoms with E-state index in [-0.39, 0.29) is 0 Å². The minimum Gasteiger partial charge on any atom is -0.311 e. The zero-order chi connectivity index (χ0) is 13.1. The monoisotopic (exact) mass is 264 g/mol. The van der Waals surface area contributed by atoms with Crippen molar-refractivity contribution in [2.45, 2.75) is 89.3 Å². The Kier molecular flexibility index (Phi) is 4.81. The standard InChI is InChI=1S/C17H32N2/c1-2-7-16-12-18-17(14-10-11-14)13-19(16)15-8-5-3-4-6-9-15/h14-18H,2-13H2,1H3. The topological polar surface area (TPSA) is 15.3 Å². The summed E-state index contributed by atoms with van der Waals surface area (Å²) in [5, 5.41) is 3.86. The third kappa shape index (κ3) is 3.52. The molecular weight excluding hydrogens is 232 g/mol. The number of hydrogen-bond acceptors (Lipinski definition) is 2. The minimum absolute atomic E-state index is 0.816. The molecule has 0 amide bonds. The zero-order valence-electron chi connectivity index (χ0n) is 12.7. The second-order valence-electron chi connectivity index (χ2n) is 7.14.